The molecule has 35 heavy (non-hydrogen) atoms. The predicted octanol–water partition coefficient (Wildman–Crippen LogP) is 5.04. The number of alkyl carbamates (subject to hydrolysis) is 1. The van der Waals surface area contributed by atoms with Crippen molar-refractivity contribution in [2.24, 2.45) is 5.41 Å². The molecule has 0 aliphatic heterocycles. The minimum Gasteiger partial charge on any atom is -0.480 e. The van der Waals surface area contributed by atoms with Crippen molar-refractivity contribution in [2.75, 3.05) is 26.2 Å². The van der Waals surface area contributed by atoms with E-state index in [-0.39, 0.29) is 36.8 Å². The fraction of sp³-hybridized carbons (Fsp3) is 0.464. The molecule has 0 unspecified atom stereocenters. The van der Waals surface area contributed by atoms with Crippen LogP contribution in [0.1, 0.15) is 63.5 Å². The number of rotatable bonds is 12. The van der Waals surface area contributed by atoms with Crippen molar-refractivity contribution in [3.8, 4) is 11.1 Å². The van der Waals surface area contributed by atoms with Gasteiger partial charge in [0.15, 0.2) is 0 Å². The number of amides is 2. The van der Waals surface area contributed by atoms with Crippen LogP contribution in [0.25, 0.3) is 11.1 Å². The van der Waals surface area contributed by atoms with Crippen LogP contribution in [-0.2, 0) is 14.3 Å². The number of carbonyl (C=O) groups excluding carboxylic acids is 2. The topological polar surface area (TPSA) is 95.9 Å². The molecule has 2 amide bonds. The Morgan fingerprint density at radius 2 is 1.60 bits per heavy atom. The summed E-state index contributed by atoms with van der Waals surface area (Å²) < 4.78 is 5.58. The molecule has 0 bridgehead atoms. The van der Waals surface area contributed by atoms with Crippen LogP contribution in [0.2, 0.25) is 0 Å². The lowest BCUT2D eigenvalue weighted by atomic mass is 9.84. The van der Waals surface area contributed by atoms with Gasteiger partial charge in [-0.3, -0.25) is 9.59 Å². The van der Waals surface area contributed by atoms with E-state index in [0.717, 1.165) is 0 Å². The SMILES string of the molecule is CCCN(CC(=O)O)C(=O)CCC(C)(C)CCNC(=O)OCC1c2ccccc2-c2ccccc21. The summed E-state index contributed by atoms with van der Waals surface area (Å²) in [4.78, 5) is 37.3. The first-order chi connectivity index (χ1) is 16.7. The summed E-state index contributed by atoms with van der Waals surface area (Å²) in [6, 6.07) is 16.4. The van der Waals surface area contributed by atoms with E-state index >= 15 is 0 Å². The van der Waals surface area contributed by atoms with E-state index in [9.17, 15) is 14.4 Å². The Bertz CT molecular complexity index is 1000. The van der Waals surface area contributed by atoms with E-state index in [1.807, 2.05) is 45.0 Å². The Labute approximate surface area is 207 Å². The van der Waals surface area contributed by atoms with Crippen LogP contribution in [0.4, 0.5) is 4.79 Å². The van der Waals surface area contributed by atoms with Gasteiger partial charge >= 0.3 is 12.1 Å². The first-order valence-corrected chi connectivity index (χ1v) is 12.3. The molecule has 0 aromatic heterocycles. The van der Waals surface area contributed by atoms with Crippen molar-refractivity contribution in [3.63, 3.8) is 0 Å². The van der Waals surface area contributed by atoms with Gasteiger partial charge in [0.1, 0.15) is 13.2 Å². The first-order valence-electron chi connectivity index (χ1n) is 12.3. The number of benzene rings is 2. The van der Waals surface area contributed by atoms with Gasteiger partial charge in [-0.1, -0.05) is 69.3 Å². The molecule has 7 heteroatoms. The highest BCUT2D eigenvalue weighted by molar-refractivity contribution is 5.81. The molecule has 1 aliphatic rings. The fourth-order valence-electron chi connectivity index (χ4n) is 4.61. The molecule has 3 rings (SSSR count). The molecule has 7 nitrogen and oxygen atoms in total. The molecule has 0 atom stereocenters. The van der Waals surface area contributed by atoms with Gasteiger partial charge in [-0.05, 0) is 46.9 Å². The highest BCUT2D eigenvalue weighted by atomic mass is 16.5. The van der Waals surface area contributed by atoms with Gasteiger partial charge in [-0.25, -0.2) is 4.79 Å². The first kappa shape index (κ1) is 26.3. The predicted molar refractivity (Wildman–Crippen MR) is 135 cm³/mol. The largest absolute Gasteiger partial charge is 0.480 e. The molecular formula is C28H36N2O5. The Morgan fingerprint density at radius 1 is 1.00 bits per heavy atom. The number of nitrogens with zero attached hydrogens (tertiary/aromatic N) is 1. The lowest BCUT2D eigenvalue weighted by molar-refractivity contribution is -0.144. The number of fused-ring (bicyclic) bond motifs is 3. The zero-order chi connectivity index (χ0) is 25.4. The summed E-state index contributed by atoms with van der Waals surface area (Å²) in [5, 5.41) is 11.9. The van der Waals surface area contributed by atoms with Gasteiger partial charge in [0, 0.05) is 25.4 Å². The van der Waals surface area contributed by atoms with E-state index in [0.29, 0.717) is 32.4 Å². The van der Waals surface area contributed by atoms with Crippen LogP contribution < -0.4 is 5.32 Å². The number of carbonyl (C=O) groups is 3. The van der Waals surface area contributed by atoms with E-state index in [4.69, 9.17) is 9.84 Å². The van der Waals surface area contributed by atoms with Crippen molar-refractivity contribution in [1.82, 2.24) is 10.2 Å². The third kappa shape index (κ3) is 7.07. The van der Waals surface area contributed by atoms with Crippen LogP contribution in [-0.4, -0.2) is 54.2 Å². The molecule has 0 spiro atoms. The van der Waals surface area contributed by atoms with Crippen LogP contribution in [0.15, 0.2) is 48.5 Å². The number of carboxylic acids is 1. The molecule has 1 aliphatic carbocycles. The minimum absolute atomic E-state index is 0.0208. The maximum absolute atomic E-state index is 12.5. The summed E-state index contributed by atoms with van der Waals surface area (Å²) in [7, 11) is 0. The third-order valence-corrected chi connectivity index (χ3v) is 6.60. The minimum atomic E-state index is -1.00. The third-order valence-electron chi connectivity index (χ3n) is 6.60. The summed E-state index contributed by atoms with van der Waals surface area (Å²) in [6.45, 7) is 6.88. The molecule has 2 N–H and O–H groups in total. The Balaban J connectivity index is 1.44. The van der Waals surface area contributed by atoms with Crippen LogP contribution in [0.3, 0.4) is 0 Å². The van der Waals surface area contributed by atoms with Crippen LogP contribution in [0, 0.1) is 5.41 Å². The normalized spacial score (nSPS) is 12.5. The van der Waals surface area contributed by atoms with Crippen LogP contribution in [0.5, 0.6) is 0 Å². The van der Waals surface area contributed by atoms with E-state index in [1.54, 1.807) is 0 Å². The second-order valence-corrected chi connectivity index (χ2v) is 9.88. The monoisotopic (exact) mass is 480 g/mol. The van der Waals surface area contributed by atoms with E-state index < -0.39 is 12.1 Å². The van der Waals surface area contributed by atoms with Gasteiger partial charge in [-0.2, -0.15) is 0 Å². The molecule has 2 aromatic rings. The average Bonchev–Trinajstić information content (AvgIpc) is 3.14. The summed E-state index contributed by atoms with van der Waals surface area (Å²) >= 11 is 0. The number of hydrogen-bond acceptors (Lipinski definition) is 4. The molecule has 0 radical (unpaired) electrons. The van der Waals surface area contributed by atoms with E-state index in [2.05, 4.69) is 29.6 Å². The lowest BCUT2D eigenvalue weighted by Crippen LogP contribution is -2.37. The lowest BCUT2D eigenvalue weighted by Gasteiger charge is -2.26. The number of aliphatic carboxylic acids is 1. The molecule has 0 saturated heterocycles. The molecule has 0 heterocycles. The number of carboxylic acid groups (broad SMARTS) is 1. The zero-order valence-electron chi connectivity index (χ0n) is 20.9. The number of hydrogen-bond donors (Lipinski definition) is 2. The summed E-state index contributed by atoms with van der Waals surface area (Å²) in [5.74, 6) is -1.13. The molecule has 0 fully saturated rings. The van der Waals surface area contributed by atoms with Gasteiger partial charge < -0.3 is 20.1 Å². The molecule has 0 saturated carbocycles. The number of nitrogens with one attached hydrogen (secondary N) is 1. The van der Waals surface area contributed by atoms with Crippen molar-refractivity contribution < 1.29 is 24.2 Å². The Hall–Kier alpha value is -3.35. The maximum atomic E-state index is 12.5. The Kier molecular flexibility index (Phi) is 8.90. The van der Waals surface area contributed by atoms with Gasteiger partial charge in [0.25, 0.3) is 0 Å². The van der Waals surface area contributed by atoms with Crippen molar-refractivity contribution in [1.29, 1.82) is 0 Å². The van der Waals surface area contributed by atoms with Gasteiger partial charge in [0.2, 0.25) is 5.91 Å². The number of ether oxygens (including phenoxy) is 1. The van der Waals surface area contributed by atoms with Gasteiger partial charge in [-0.15, -0.1) is 0 Å². The highest BCUT2D eigenvalue weighted by Gasteiger charge is 2.29. The second kappa shape index (κ2) is 11.9. The van der Waals surface area contributed by atoms with Crippen molar-refractivity contribution in [3.05, 3.63) is 59.7 Å². The molecular weight excluding hydrogens is 444 g/mol. The zero-order valence-corrected chi connectivity index (χ0v) is 20.9. The average molecular weight is 481 g/mol. The fourth-order valence-corrected chi connectivity index (χ4v) is 4.61. The van der Waals surface area contributed by atoms with Gasteiger partial charge in [0.05, 0.1) is 0 Å². The summed E-state index contributed by atoms with van der Waals surface area (Å²) in [6.07, 6.45) is 1.83. The van der Waals surface area contributed by atoms with E-state index in [1.165, 1.54) is 27.2 Å². The maximum Gasteiger partial charge on any atom is 0.407 e. The van der Waals surface area contributed by atoms with Crippen LogP contribution >= 0.6 is 0 Å². The van der Waals surface area contributed by atoms with Crippen molar-refractivity contribution in [2.45, 2.75) is 52.4 Å². The quantitative estimate of drug-likeness (QED) is 0.443. The molecule has 2 aromatic carbocycles. The smallest absolute Gasteiger partial charge is 0.407 e. The highest BCUT2D eigenvalue weighted by Crippen LogP contribution is 2.44. The Morgan fingerprint density at radius 3 is 2.17 bits per heavy atom. The van der Waals surface area contributed by atoms with Crippen molar-refractivity contribution >= 4 is 18.0 Å². The molecule has 188 valence electrons. The second-order valence-electron chi connectivity index (χ2n) is 9.88. The summed E-state index contributed by atoms with van der Waals surface area (Å²) in [5.41, 5.74) is 4.54. The standard InChI is InChI=1S/C28H36N2O5/c1-4-17-30(18-26(32)33)25(31)13-14-28(2,3)15-16-29-27(34)35-19-24-22-11-7-5-9-20(22)21-10-6-8-12-23(21)24/h5-12,24H,4,13-19H2,1-3H3,(H,29,34)(H,32,33).